The maximum atomic E-state index is 12.5. The summed E-state index contributed by atoms with van der Waals surface area (Å²) in [5.74, 6) is -1.77. The summed E-state index contributed by atoms with van der Waals surface area (Å²) in [6.07, 6.45) is -0.635. The van der Waals surface area contributed by atoms with Crippen molar-refractivity contribution < 1.29 is 23.8 Å². The number of hydrogen-bond acceptors (Lipinski definition) is 7. The molecule has 24 heavy (non-hydrogen) atoms. The quantitative estimate of drug-likeness (QED) is 0.311. The second kappa shape index (κ2) is 8.32. The smallest absolute Gasteiger partial charge is 0.381 e. The zero-order valence-electron chi connectivity index (χ0n) is 13.8. The summed E-state index contributed by atoms with van der Waals surface area (Å²) < 4.78 is 16.3. The Labute approximate surface area is 139 Å². The molecule has 8 nitrogen and oxygen atoms in total. The minimum Gasteiger partial charge on any atom is -0.460 e. The van der Waals surface area contributed by atoms with E-state index >= 15 is 0 Å². The summed E-state index contributed by atoms with van der Waals surface area (Å²) in [6, 6.07) is 9.01. The molecule has 0 N–H and O–H groups in total. The van der Waals surface area contributed by atoms with Crippen LogP contribution in [0.25, 0.3) is 11.3 Å². The van der Waals surface area contributed by atoms with Gasteiger partial charge in [0.05, 0.1) is 13.2 Å². The monoisotopic (exact) mass is 333 g/mol. The van der Waals surface area contributed by atoms with Gasteiger partial charge in [-0.05, 0) is 6.92 Å². The standard InChI is InChI=1S/C16H19N3O5/c1-4-24-16(21)15(20)14-13(11-8-6-5-7-9-11)17-18-19(14)10-12(22-2)23-3/h5-9,12H,4,10H2,1-3H3. The first-order valence-corrected chi connectivity index (χ1v) is 7.38. The number of rotatable bonds is 8. The Morgan fingerprint density at radius 1 is 1.17 bits per heavy atom. The van der Waals surface area contributed by atoms with E-state index in [0.29, 0.717) is 11.3 Å². The van der Waals surface area contributed by atoms with Crippen LogP contribution in [0.3, 0.4) is 0 Å². The molecular weight excluding hydrogens is 314 g/mol. The molecule has 8 heteroatoms. The maximum Gasteiger partial charge on any atom is 0.381 e. The summed E-state index contributed by atoms with van der Waals surface area (Å²) in [5, 5.41) is 8.01. The van der Waals surface area contributed by atoms with Crippen LogP contribution < -0.4 is 0 Å². The fraction of sp³-hybridized carbons (Fsp3) is 0.375. The molecule has 0 bridgehead atoms. The van der Waals surface area contributed by atoms with Gasteiger partial charge in [-0.2, -0.15) is 0 Å². The Kier molecular flexibility index (Phi) is 6.16. The van der Waals surface area contributed by atoms with Crippen LogP contribution in [0.5, 0.6) is 0 Å². The molecule has 1 heterocycles. The van der Waals surface area contributed by atoms with Crippen LogP contribution in [-0.2, 0) is 25.5 Å². The molecule has 0 atom stereocenters. The molecule has 0 fully saturated rings. The molecule has 0 saturated carbocycles. The average molecular weight is 333 g/mol. The molecule has 0 aliphatic heterocycles. The third-order valence-corrected chi connectivity index (χ3v) is 3.31. The van der Waals surface area contributed by atoms with Crippen LogP contribution in [0.4, 0.5) is 0 Å². The van der Waals surface area contributed by atoms with Crippen molar-refractivity contribution in [3.05, 3.63) is 36.0 Å². The molecular formula is C16H19N3O5. The van der Waals surface area contributed by atoms with Crippen LogP contribution in [0, 0.1) is 0 Å². The number of benzene rings is 1. The van der Waals surface area contributed by atoms with Gasteiger partial charge in [-0.3, -0.25) is 4.79 Å². The van der Waals surface area contributed by atoms with E-state index in [0.717, 1.165) is 0 Å². The lowest BCUT2D eigenvalue weighted by atomic mass is 10.1. The van der Waals surface area contributed by atoms with Crippen molar-refractivity contribution in [3.63, 3.8) is 0 Å². The van der Waals surface area contributed by atoms with E-state index in [2.05, 4.69) is 10.3 Å². The fourth-order valence-electron chi connectivity index (χ4n) is 2.14. The van der Waals surface area contributed by atoms with Crippen LogP contribution in [-0.4, -0.2) is 53.9 Å². The first-order chi connectivity index (χ1) is 11.6. The summed E-state index contributed by atoms with van der Waals surface area (Å²) >= 11 is 0. The number of carbonyl (C=O) groups excluding carboxylic acids is 2. The molecule has 2 rings (SSSR count). The molecule has 0 unspecified atom stereocenters. The topological polar surface area (TPSA) is 92.5 Å². The lowest BCUT2D eigenvalue weighted by molar-refractivity contribution is -0.137. The Morgan fingerprint density at radius 3 is 2.42 bits per heavy atom. The summed E-state index contributed by atoms with van der Waals surface area (Å²) in [5.41, 5.74) is 1.01. The molecule has 0 aliphatic rings. The summed E-state index contributed by atoms with van der Waals surface area (Å²) in [4.78, 5) is 24.4. The molecule has 2 aromatic rings. The average Bonchev–Trinajstić information content (AvgIpc) is 3.03. The lowest BCUT2D eigenvalue weighted by Gasteiger charge is -2.14. The number of ketones is 1. The zero-order chi connectivity index (χ0) is 17.5. The Morgan fingerprint density at radius 2 is 1.83 bits per heavy atom. The van der Waals surface area contributed by atoms with Gasteiger partial charge in [0, 0.05) is 19.8 Å². The normalized spacial score (nSPS) is 10.8. The number of Topliss-reactive ketones (excluding diaryl/α,β-unsaturated/α-hetero) is 1. The first kappa shape index (κ1) is 17.8. The highest BCUT2D eigenvalue weighted by atomic mass is 16.7. The van der Waals surface area contributed by atoms with Gasteiger partial charge in [0.25, 0.3) is 5.78 Å². The van der Waals surface area contributed by atoms with Gasteiger partial charge < -0.3 is 14.2 Å². The number of nitrogens with zero attached hydrogens (tertiary/aromatic N) is 3. The van der Waals surface area contributed by atoms with Gasteiger partial charge in [0.15, 0.2) is 6.29 Å². The molecule has 1 aromatic heterocycles. The first-order valence-electron chi connectivity index (χ1n) is 7.38. The number of carbonyl (C=O) groups is 2. The van der Waals surface area contributed by atoms with Crippen LogP contribution in [0.2, 0.25) is 0 Å². The molecule has 0 amide bonds. The van der Waals surface area contributed by atoms with Crippen molar-refractivity contribution in [1.29, 1.82) is 0 Å². The van der Waals surface area contributed by atoms with Gasteiger partial charge in [0.1, 0.15) is 11.4 Å². The van der Waals surface area contributed by atoms with E-state index in [1.165, 1.54) is 18.9 Å². The molecule has 0 aliphatic carbocycles. The molecule has 128 valence electrons. The van der Waals surface area contributed by atoms with Gasteiger partial charge in [-0.15, -0.1) is 5.10 Å². The number of methoxy groups -OCH3 is 2. The maximum absolute atomic E-state index is 12.5. The van der Waals surface area contributed by atoms with E-state index in [-0.39, 0.29) is 18.8 Å². The zero-order valence-corrected chi connectivity index (χ0v) is 13.8. The van der Waals surface area contributed by atoms with Crippen LogP contribution in [0.15, 0.2) is 30.3 Å². The predicted molar refractivity (Wildman–Crippen MR) is 84.2 cm³/mol. The van der Waals surface area contributed by atoms with E-state index < -0.39 is 18.0 Å². The van der Waals surface area contributed by atoms with E-state index in [1.54, 1.807) is 31.2 Å². The second-order valence-electron chi connectivity index (χ2n) is 4.79. The molecule has 0 spiro atoms. The van der Waals surface area contributed by atoms with E-state index in [9.17, 15) is 9.59 Å². The predicted octanol–water partition coefficient (Wildman–Crippen LogP) is 1.31. The Balaban J connectivity index is 2.47. The number of aromatic nitrogens is 3. The van der Waals surface area contributed by atoms with Gasteiger partial charge in [0.2, 0.25) is 0 Å². The highest BCUT2D eigenvalue weighted by Crippen LogP contribution is 2.22. The molecule has 1 aromatic carbocycles. The highest BCUT2D eigenvalue weighted by Gasteiger charge is 2.29. The third-order valence-electron chi connectivity index (χ3n) is 3.31. The molecule has 0 saturated heterocycles. The van der Waals surface area contributed by atoms with Gasteiger partial charge >= 0.3 is 5.97 Å². The van der Waals surface area contributed by atoms with Gasteiger partial charge in [-0.25, -0.2) is 9.48 Å². The highest BCUT2D eigenvalue weighted by molar-refractivity contribution is 6.41. The van der Waals surface area contributed by atoms with Crippen LogP contribution >= 0.6 is 0 Å². The number of ether oxygens (including phenoxy) is 3. The second-order valence-corrected chi connectivity index (χ2v) is 4.79. The minimum atomic E-state index is -0.954. The Bertz CT molecular complexity index is 695. The summed E-state index contributed by atoms with van der Waals surface area (Å²) in [6.45, 7) is 1.84. The van der Waals surface area contributed by atoms with Crippen molar-refractivity contribution in [1.82, 2.24) is 15.0 Å². The van der Waals surface area contributed by atoms with Crippen molar-refractivity contribution in [2.75, 3.05) is 20.8 Å². The SMILES string of the molecule is CCOC(=O)C(=O)c1c(-c2ccccc2)nnn1CC(OC)OC. The molecule has 0 radical (unpaired) electrons. The van der Waals surface area contributed by atoms with Gasteiger partial charge in [-0.1, -0.05) is 35.5 Å². The van der Waals surface area contributed by atoms with Crippen molar-refractivity contribution >= 4 is 11.8 Å². The van der Waals surface area contributed by atoms with Crippen LogP contribution in [0.1, 0.15) is 17.4 Å². The lowest BCUT2D eigenvalue weighted by Crippen LogP contribution is -2.27. The fourth-order valence-corrected chi connectivity index (χ4v) is 2.14. The third kappa shape index (κ3) is 3.84. The van der Waals surface area contributed by atoms with Crippen molar-refractivity contribution in [3.8, 4) is 11.3 Å². The van der Waals surface area contributed by atoms with E-state index in [1.807, 2.05) is 6.07 Å². The van der Waals surface area contributed by atoms with Crippen molar-refractivity contribution in [2.24, 2.45) is 0 Å². The summed E-state index contributed by atoms with van der Waals surface area (Å²) in [7, 11) is 2.94. The Hall–Kier alpha value is -2.58. The largest absolute Gasteiger partial charge is 0.460 e. The number of esters is 1. The minimum absolute atomic E-state index is 0.0405. The van der Waals surface area contributed by atoms with Crippen molar-refractivity contribution in [2.45, 2.75) is 19.8 Å². The van der Waals surface area contributed by atoms with E-state index in [4.69, 9.17) is 14.2 Å². The number of hydrogen-bond donors (Lipinski definition) is 0.